The number of hydrogen-bond acceptors (Lipinski definition) is 2. The molecule has 1 unspecified atom stereocenters. The minimum absolute atomic E-state index is 0.0926. The van der Waals surface area contributed by atoms with Crippen molar-refractivity contribution in [2.24, 2.45) is 7.05 Å². The van der Waals surface area contributed by atoms with E-state index in [0.29, 0.717) is 6.42 Å². The van der Waals surface area contributed by atoms with Gasteiger partial charge >= 0.3 is 5.97 Å². The van der Waals surface area contributed by atoms with Gasteiger partial charge in [-0.15, -0.1) is 0 Å². The van der Waals surface area contributed by atoms with E-state index in [4.69, 9.17) is 4.74 Å². The van der Waals surface area contributed by atoms with Crippen LogP contribution in [0.3, 0.4) is 0 Å². The molecule has 0 saturated carbocycles. The van der Waals surface area contributed by atoms with E-state index in [1.165, 1.54) is 44.9 Å². The fourth-order valence-electron chi connectivity index (χ4n) is 2.71. The number of hydrogen-bond donors (Lipinski definition) is 1. The van der Waals surface area contributed by atoms with Gasteiger partial charge in [0.05, 0.1) is 7.05 Å². The quantitative estimate of drug-likeness (QED) is 0.354. The van der Waals surface area contributed by atoms with E-state index in [-0.39, 0.29) is 12.1 Å². The smallest absolute Gasteiger partial charge is 0.306 e. The van der Waals surface area contributed by atoms with Crippen molar-refractivity contribution in [2.45, 2.75) is 84.2 Å². The molecule has 1 aromatic rings. The molecule has 22 heavy (non-hydrogen) atoms. The van der Waals surface area contributed by atoms with Crippen molar-refractivity contribution in [3.05, 3.63) is 18.2 Å². The van der Waals surface area contributed by atoms with Crippen molar-refractivity contribution in [3.63, 3.8) is 0 Å². The molecule has 4 nitrogen and oxygen atoms in total. The van der Waals surface area contributed by atoms with E-state index in [1.807, 2.05) is 30.9 Å². The Hall–Kier alpha value is -1.32. The van der Waals surface area contributed by atoms with Crippen molar-refractivity contribution in [3.8, 4) is 0 Å². The average Bonchev–Trinajstić information content (AvgIpc) is 2.91. The molecule has 0 aromatic carbocycles. The number of aromatic nitrogens is 2. The zero-order chi connectivity index (χ0) is 16.2. The van der Waals surface area contributed by atoms with E-state index in [2.05, 4.69) is 11.9 Å². The third-order valence-corrected chi connectivity index (χ3v) is 4.09. The van der Waals surface area contributed by atoms with E-state index < -0.39 is 0 Å². The number of carbonyl (C=O) groups is 1. The number of nitrogens with zero attached hydrogens (tertiary/aromatic N) is 1. The fourth-order valence-corrected chi connectivity index (χ4v) is 2.71. The van der Waals surface area contributed by atoms with Gasteiger partial charge in [0.25, 0.3) is 5.82 Å². The number of imidazole rings is 1. The molecule has 1 heterocycles. The SMILES string of the molecule is CCCCCCCCCCCC(=O)OC(C)c1[nH]cc[n+]1C. The highest BCUT2D eigenvalue weighted by Gasteiger charge is 2.20. The summed E-state index contributed by atoms with van der Waals surface area (Å²) in [5.41, 5.74) is 0. The topological polar surface area (TPSA) is 46.0 Å². The number of aryl methyl sites for hydroxylation is 1. The highest BCUT2D eigenvalue weighted by molar-refractivity contribution is 5.69. The molecule has 0 aliphatic rings. The Balaban J connectivity index is 2.01. The Kier molecular flexibility index (Phi) is 9.60. The van der Waals surface area contributed by atoms with Gasteiger partial charge in [0, 0.05) is 6.42 Å². The molecule has 126 valence electrons. The summed E-state index contributed by atoms with van der Waals surface area (Å²) in [5.74, 6) is 0.825. The maximum Gasteiger partial charge on any atom is 0.306 e. The molecule has 0 saturated heterocycles. The molecular formula is C18H33N2O2+. The third-order valence-electron chi connectivity index (χ3n) is 4.09. The van der Waals surface area contributed by atoms with Gasteiger partial charge in [-0.3, -0.25) is 4.79 Å². The first kappa shape index (κ1) is 18.7. The summed E-state index contributed by atoms with van der Waals surface area (Å²) < 4.78 is 7.40. The molecule has 1 atom stereocenters. The van der Waals surface area contributed by atoms with Crippen LogP contribution in [0.25, 0.3) is 0 Å². The van der Waals surface area contributed by atoms with Crippen molar-refractivity contribution >= 4 is 5.97 Å². The van der Waals surface area contributed by atoms with Crippen LogP contribution >= 0.6 is 0 Å². The summed E-state index contributed by atoms with van der Waals surface area (Å²) in [4.78, 5) is 14.9. The minimum Gasteiger partial charge on any atom is -0.450 e. The number of unbranched alkanes of at least 4 members (excludes halogenated alkanes) is 8. The number of carbonyl (C=O) groups excluding carboxylic acids is 1. The van der Waals surface area contributed by atoms with Gasteiger partial charge in [0.1, 0.15) is 12.4 Å². The third kappa shape index (κ3) is 7.62. The van der Waals surface area contributed by atoms with Gasteiger partial charge in [-0.05, 0) is 13.3 Å². The second kappa shape index (κ2) is 11.3. The van der Waals surface area contributed by atoms with E-state index in [0.717, 1.165) is 18.7 Å². The Morgan fingerprint density at radius 2 is 1.73 bits per heavy atom. The van der Waals surface area contributed by atoms with Crippen LogP contribution in [0.1, 0.15) is 90.0 Å². The molecule has 1 aromatic heterocycles. The monoisotopic (exact) mass is 309 g/mol. The highest BCUT2D eigenvalue weighted by Crippen LogP contribution is 2.14. The van der Waals surface area contributed by atoms with Crippen LogP contribution in [0.2, 0.25) is 0 Å². The molecule has 0 amide bonds. The van der Waals surface area contributed by atoms with Gasteiger partial charge < -0.3 is 4.74 Å². The molecule has 0 bridgehead atoms. The molecule has 4 heteroatoms. The Bertz CT molecular complexity index is 415. The predicted octanol–water partition coefficient (Wildman–Crippen LogP) is 4.36. The Morgan fingerprint density at radius 1 is 1.14 bits per heavy atom. The molecule has 1 rings (SSSR count). The van der Waals surface area contributed by atoms with Gasteiger partial charge in [-0.1, -0.05) is 58.3 Å². The van der Waals surface area contributed by atoms with Crippen LogP contribution in [0.15, 0.2) is 12.4 Å². The number of aromatic amines is 1. The zero-order valence-electron chi connectivity index (χ0n) is 14.6. The first-order valence-electron chi connectivity index (χ1n) is 8.87. The molecule has 0 radical (unpaired) electrons. The molecule has 0 spiro atoms. The number of ether oxygens (including phenoxy) is 1. The van der Waals surface area contributed by atoms with E-state index >= 15 is 0 Å². The van der Waals surface area contributed by atoms with Crippen LogP contribution in [0, 0.1) is 0 Å². The number of H-pyrrole nitrogens is 1. The fraction of sp³-hybridized carbons (Fsp3) is 0.778. The Morgan fingerprint density at radius 3 is 2.27 bits per heavy atom. The summed E-state index contributed by atoms with van der Waals surface area (Å²) in [6.07, 6.45) is 15.4. The summed E-state index contributed by atoms with van der Waals surface area (Å²) >= 11 is 0. The second-order valence-corrected chi connectivity index (χ2v) is 6.17. The van der Waals surface area contributed by atoms with Crippen LogP contribution in [0.4, 0.5) is 0 Å². The first-order valence-corrected chi connectivity index (χ1v) is 8.87. The molecule has 0 aliphatic heterocycles. The van der Waals surface area contributed by atoms with Crippen LogP contribution in [-0.2, 0) is 16.6 Å². The van der Waals surface area contributed by atoms with Crippen LogP contribution < -0.4 is 4.57 Å². The van der Waals surface area contributed by atoms with Crippen molar-refractivity contribution in [1.29, 1.82) is 0 Å². The van der Waals surface area contributed by atoms with Gasteiger partial charge in [0.15, 0.2) is 6.10 Å². The number of nitrogens with one attached hydrogen (secondary N) is 1. The standard InChI is InChI=1S/C18H32N2O2/c1-4-5-6-7-8-9-10-11-12-13-17(21)22-16(2)18-19-14-15-20(18)3/h14-16H,4-13H2,1-3H3/p+1. The lowest BCUT2D eigenvalue weighted by Crippen LogP contribution is -2.32. The summed E-state index contributed by atoms with van der Waals surface area (Å²) in [5, 5.41) is 0. The highest BCUT2D eigenvalue weighted by atomic mass is 16.5. The average molecular weight is 309 g/mol. The maximum absolute atomic E-state index is 11.8. The van der Waals surface area contributed by atoms with E-state index in [1.54, 1.807) is 0 Å². The van der Waals surface area contributed by atoms with Crippen molar-refractivity contribution in [2.75, 3.05) is 0 Å². The van der Waals surface area contributed by atoms with E-state index in [9.17, 15) is 4.79 Å². The number of esters is 1. The number of rotatable bonds is 12. The lowest BCUT2D eigenvalue weighted by atomic mass is 10.1. The first-order chi connectivity index (χ1) is 10.6. The lowest BCUT2D eigenvalue weighted by Gasteiger charge is -2.09. The lowest BCUT2D eigenvalue weighted by molar-refractivity contribution is -0.681. The van der Waals surface area contributed by atoms with Gasteiger partial charge in [-0.25, -0.2) is 9.55 Å². The van der Waals surface area contributed by atoms with Gasteiger partial charge in [-0.2, -0.15) is 0 Å². The molecule has 0 aliphatic carbocycles. The second-order valence-electron chi connectivity index (χ2n) is 6.17. The largest absolute Gasteiger partial charge is 0.450 e. The zero-order valence-corrected chi connectivity index (χ0v) is 14.6. The summed E-state index contributed by atoms with van der Waals surface area (Å²) in [6, 6.07) is 0. The van der Waals surface area contributed by atoms with Crippen LogP contribution in [-0.4, -0.2) is 11.0 Å². The molecule has 1 N–H and O–H groups in total. The minimum atomic E-state index is -0.217. The van der Waals surface area contributed by atoms with Crippen molar-refractivity contribution < 1.29 is 14.1 Å². The Labute approximate surface area is 135 Å². The maximum atomic E-state index is 11.8. The molecule has 0 fully saturated rings. The molecular weight excluding hydrogens is 276 g/mol. The summed E-state index contributed by atoms with van der Waals surface area (Å²) in [7, 11) is 1.94. The normalized spacial score (nSPS) is 12.3. The van der Waals surface area contributed by atoms with Gasteiger partial charge in [0.2, 0.25) is 0 Å². The van der Waals surface area contributed by atoms with Crippen molar-refractivity contribution in [1.82, 2.24) is 4.98 Å². The van der Waals surface area contributed by atoms with Crippen LogP contribution in [0.5, 0.6) is 0 Å². The predicted molar refractivity (Wildman–Crippen MR) is 88.3 cm³/mol. The summed E-state index contributed by atoms with van der Waals surface area (Å²) in [6.45, 7) is 4.15.